The van der Waals surface area contributed by atoms with Crippen molar-refractivity contribution in [3.05, 3.63) is 119 Å². The molecule has 0 spiro atoms. The number of carbonyl (C=O) groups is 2. The molecule has 2 N–H and O–H groups in total. The standard InChI is InChI=1S/C31H26N4O5S/c1-21-12-14-24(15-13-21)33-29(37)20-40-27-11-5-3-7-22(27)17-28-30(38)35(19-25-9-6-16-39-25)31(41-28)34-32-18-23-8-2-4-10-26(23)36/h2-18,36H,19-20H2,1H3,(H,33,37)/b28-17-,32-18-,34-31+. The smallest absolute Gasteiger partial charge is 0.267 e. The van der Waals surface area contributed by atoms with Gasteiger partial charge < -0.3 is 19.6 Å². The molecule has 1 aromatic heterocycles. The highest BCUT2D eigenvalue weighted by molar-refractivity contribution is 8.18. The predicted molar refractivity (Wildman–Crippen MR) is 160 cm³/mol. The number of thioether (sulfide) groups is 1. The van der Waals surface area contributed by atoms with Crippen LogP contribution in [0.4, 0.5) is 5.69 Å². The SMILES string of the molecule is Cc1ccc(NC(=O)COc2ccccc2/C=C2\S/C(=N/N=C\c3ccccc3O)N(Cc3ccco3)C2=O)cc1. The number of ether oxygens (including phenoxy) is 1. The Morgan fingerprint density at radius 3 is 2.54 bits per heavy atom. The van der Waals surface area contributed by atoms with Crippen LogP contribution in [0.15, 0.2) is 111 Å². The number of para-hydroxylation sites is 2. The van der Waals surface area contributed by atoms with Gasteiger partial charge in [-0.3, -0.25) is 14.5 Å². The predicted octanol–water partition coefficient (Wildman–Crippen LogP) is 5.82. The molecule has 2 heterocycles. The highest BCUT2D eigenvalue weighted by Gasteiger charge is 2.34. The number of nitrogens with one attached hydrogen (secondary N) is 1. The molecule has 1 saturated heterocycles. The summed E-state index contributed by atoms with van der Waals surface area (Å²) in [4.78, 5) is 27.8. The van der Waals surface area contributed by atoms with Gasteiger partial charge >= 0.3 is 0 Å². The molecule has 206 valence electrons. The summed E-state index contributed by atoms with van der Waals surface area (Å²) in [5.41, 5.74) is 2.90. The lowest BCUT2D eigenvalue weighted by Crippen LogP contribution is -2.28. The van der Waals surface area contributed by atoms with Crippen molar-refractivity contribution < 1.29 is 23.8 Å². The second-order valence-corrected chi connectivity index (χ2v) is 10.0. The third-order valence-corrected chi connectivity index (χ3v) is 6.96. The zero-order valence-electron chi connectivity index (χ0n) is 22.1. The highest BCUT2D eigenvalue weighted by Crippen LogP contribution is 2.35. The van der Waals surface area contributed by atoms with Gasteiger partial charge in [0.15, 0.2) is 11.8 Å². The molecular weight excluding hydrogens is 540 g/mol. The summed E-state index contributed by atoms with van der Waals surface area (Å²) in [5, 5.41) is 21.5. The van der Waals surface area contributed by atoms with Crippen molar-refractivity contribution in [2.24, 2.45) is 10.2 Å². The number of aromatic hydroxyl groups is 1. The average Bonchev–Trinajstić information content (AvgIpc) is 3.59. The van der Waals surface area contributed by atoms with Crippen molar-refractivity contribution in [2.45, 2.75) is 13.5 Å². The molecule has 3 aromatic carbocycles. The second-order valence-electron chi connectivity index (χ2n) is 9.01. The summed E-state index contributed by atoms with van der Waals surface area (Å²) < 4.78 is 11.3. The van der Waals surface area contributed by atoms with Gasteiger partial charge in [-0.15, -0.1) is 5.10 Å². The molecule has 2 amide bonds. The minimum absolute atomic E-state index is 0.0729. The quantitative estimate of drug-likeness (QED) is 0.150. The molecule has 0 radical (unpaired) electrons. The van der Waals surface area contributed by atoms with Crippen LogP contribution in [0.2, 0.25) is 0 Å². The molecule has 0 atom stereocenters. The summed E-state index contributed by atoms with van der Waals surface area (Å²) in [6, 6.07) is 24.9. The second kappa shape index (κ2) is 12.8. The number of aryl methyl sites for hydroxylation is 1. The minimum atomic E-state index is -0.302. The normalized spacial score (nSPS) is 15.2. The van der Waals surface area contributed by atoms with E-state index in [4.69, 9.17) is 9.15 Å². The fourth-order valence-electron chi connectivity index (χ4n) is 3.87. The van der Waals surface area contributed by atoms with E-state index in [2.05, 4.69) is 15.5 Å². The Labute approximate surface area is 240 Å². The molecule has 4 aromatic rings. The summed E-state index contributed by atoms with van der Waals surface area (Å²) >= 11 is 1.15. The number of anilines is 1. The number of hydrogen-bond acceptors (Lipinski definition) is 8. The molecule has 1 fully saturated rings. The van der Waals surface area contributed by atoms with Gasteiger partial charge in [0.1, 0.15) is 17.3 Å². The highest BCUT2D eigenvalue weighted by atomic mass is 32.2. The number of phenols is 1. The molecule has 0 bridgehead atoms. The van der Waals surface area contributed by atoms with Gasteiger partial charge in [0.05, 0.1) is 23.9 Å². The van der Waals surface area contributed by atoms with Gasteiger partial charge in [0.25, 0.3) is 11.8 Å². The van der Waals surface area contributed by atoms with E-state index in [1.165, 1.54) is 17.4 Å². The third-order valence-electron chi connectivity index (χ3n) is 5.96. The number of phenolic OH excluding ortho intramolecular Hbond substituents is 1. The lowest BCUT2D eigenvalue weighted by molar-refractivity contribution is -0.122. The van der Waals surface area contributed by atoms with Crippen LogP contribution in [0.25, 0.3) is 6.08 Å². The van der Waals surface area contributed by atoms with Crippen molar-refractivity contribution in [3.8, 4) is 11.5 Å². The van der Waals surface area contributed by atoms with Gasteiger partial charge in [-0.25, -0.2) is 0 Å². The average molecular weight is 567 g/mol. The zero-order valence-corrected chi connectivity index (χ0v) is 22.9. The molecule has 10 heteroatoms. The maximum atomic E-state index is 13.5. The van der Waals surface area contributed by atoms with Crippen molar-refractivity contribution in [1.82, 2.24) is 4.90 Å². The Kier molecular flexibility index (Phi) is 8.61. The Bertz CT molecular complexity index is 1630. The molecule has 0 unspecified atom stereocenters. The molecule has 41 heavy (non-hydrogen) atoms. The number of hydrogen-bond donors (Lipinski definition) is 2. The first kappa shape index (κ1) is 27.5. The number of carbonyl (C=O) groups excluding carboxylic acids is 2. The van der Waals surface area contributed by atoms with Crippen molar-refractivity contribution >= 4 is 46.7 Å². The fraction of sp³-hybridized carbons (Fsp3) is 0.0968. The van der Waals surface area contributed by atoms with Crippen molar-refractivity contribution in [1.29, 1.82) is 0 Å². The lowest BCUT2D eigenvalue weighted by atomic mass is 10.2. The van der Waals surface area contributed by atoms with E-state index in [-0.39, 0.29) is 30.7 Å². The first-order valence-corrected chi connectivity index (χ1v) is 13.5. The van der Waals surface area contributed by atoms with E-state index in [9.17, 15) is 14.7 Å². The van der Waals surface area contributed by atoms with Crippen LogP contribution in [0.5, 0.6) is 11.5 Å². The van der Waals surface area contributed by atoms with E-state index in [0.717, 1.165) is 17.3 Å². The van der Waals surface area contributed by atoms with Gasteiger partial charge in [-0.05, 0) is 67.2 Å². The number of rotatable bonds is 9. The molecular formula is C31H26N4O5S. The van der Waals surface area contributed by atoms with E-state index >= 15 is 0 Å². The van der Waals surface area contributed by atoms with Crippen LogP contribution in [0, 0.1) is 6.92 Å². The van der Waals surface area contributed by atoms with Gasteiger partial charge in [0.2, 0.25) is 0 Å². The lowest BCUT2D eigenvalue weighted by Gasteiger charge is -2.12. The molecule has 1 aliphatic heterocycles. The first-order chi connectivity index (χ1) is 20.0. The topological polar surface area (TPSA) is 117 Å². The maximum Gasteiger partial charge on any atom is 0.267 e. The maximum absolute atomic E-state index is 13.5. The Hall–Kier alpha value is -5.09. The zero-order chi connectivity index (χ0) is 28.6. The van der Waals surface area contributed by atoms with Gasteiger partial charge in [-0.1, -0.05) is 48.0 Å². The summed E-state index contributed by atoms with van der Waals surface area (Å²) in [6.45, 7) is 1.94. The van der Waals surface area contributed by atoms with Crippen LogP contribution in [-0.4, -0.2) is 39.8 Å². The monoisotopic (exact) mass is 566 g/mol. The number of amides is 2. The van der Waals surface area contributed by atoms with Crippen LogP contribution >= 0.6 is 11.8 Å². The fourth-order valence-corrected chi connectivity index (χ4v) is 4.79. The van der Waals surface area contributed by atoms with Gasteiger partial charge in [0, 0.05) is 16.8 Å². The Balaban J connectivity index is 1.34. The Morgan fingerprint density at radius 2 is 1.78 bits per heavy atom. The van der Waals surface area contributed by atoms with Crippen molar-refractivity contribution in [3.63, 3.8) is 0 Å². The summed E-state index contributed by atoms with van der Waals surface area (Å²) in [7, 11) is 0. The number of amidine groups is 1. The first-order valence-electron chi connectivity index (χ1n) is 12.7. The largest absolute Gasteiger partial charge is 0.507 e. The molecule has 1 aliphatic rings. The number of furan rings is 1. The van der Waals surface area contributed by atoms with Crippen LogP contribution in [0.1, 0.15) is 22.5 Å². The van der Waals surface area contributed by atoms with Crippen LogP contribution < -0.4 is 10.1 Å². The molecule has 0 aliphatic carbocycles. The van der Waals surface area contributed by atoms with E-state index < -0.39 is 0 Å². The molecule has 5 rings (SSSR count). The molecule has 9 nitrogen and oxygen atoms in total. The van der Waals surface area contributed by atoms with Crippen LogP contribution in [-0.2, 0) is 16.1 Å². The molecule has 0 saturated carbocycles. The summed E-state index contributed by atoms with van der Waals surface area (Å²) in [6.07, 6.45) is 4.66. The van der Waals surface area contributed by atoms with E-state index in [0.29, 0.717) is 38.4 Å². The number of nitrogens with zero attached hydrogens (tertiary/aromatic N) is 3. The Morgan fingerprint density at radius 1 is 1.02 bits per heavy atom. The summed E-state index contributed by atoms with van der Waals surface area (Å²) in [5.74, 6) is 0.525. The minimum Gasteiger partial charge on any atom is -0.507 e. The van der Waals surface area contributed by atoms with Crippen LogP contribution in [0.3, 0.4) is 0 Å². The van der Waals surface area contributed by atoms with Crippen molar-refractivity contribution in [2.75, 3.05) is 11.9 Å². The van der Waals surface area contributed by atoms with E-state index in [1.54, 1.807) is 60.7 Å². The van der Waals surface area contributed by atoms with E-state index in [1.807, 2.05) is 37.3 Å². The number of benzene rings is 3. The van der Waals surface area contributed by atoms with Gasteiger partial charge in [-0.2, -0.15) is 5.10 Å². The third kappa shape index (κ3) is 7.11.